The maximum atomic E-state index is 12.9. The van der Waals surface area contributed by atoms with E-state index >= 15 is 0 Å². The minimum atomic E-state index is -0.294. The molecule has 9 heteroatoms. The van der Waals surface area contributed by atoms with E-state index in [1.165, 1.54) is 11.3 Å². The van der Waals surface area contributed by atoms with Crippen LogP contribution in [0.3, 0.4) is 0 Å². The van der Waals surface area contributed by atoms with Crippen LogP contribution in [0, 0.1) is 0 Å². The van der Waals surface area contributed by atoms with Crippen molar-refractivity contribution in [3.63, 3.8) is 0 Å². The van der Waals surface area contributed by atoms with Crippen LogP contribution in [0.1, 0.15) is 23.2 Å². The van der Waals surface area contributed by atoms with Crippen LogP contribution in [-0.4, -0.2) is 47.4 Å². The zero-order chi connectivity index (χ0) is 20.1. The summed E-state index contributed by atoms with van der Waals surface area (Å²) in [5.74, 6) is 0.376. The summed E-state index contributed by atoms with van der Waals surface area (Å²) in [4.78, 5) is 17.1. The van der Waals surface area contributed by atoms with Gasteiger partial charge in [-0.3, -0.25) is 15.1 Å². The SMILES string of the molecule is COc1ccccc1-c1cnccc1C(=O)Nc1nnc(OC2CCNCC2)s1. The quantitative estimate of drug-likeness (QED) is 0.643. The number of rotatable bonds is 6. The fourth-order valence-electron chi connectivity index (χ4n) is 3.20. The zero-order valence-electron chi connectivity index (χ0n) is 15.9. The Morgan fingerprint density at radius 3 is 2.83 bits per heavy atom. The van der Waals surface area contributed by atoms with Gasteiger partial charge < -0.3 is 14.8 Å². The largest absolute Gasteiger partial charge is 0.496 e. The molecule has 3 aromatic rings. The van der Waals surface area contributed by atoms with Gasteiger partial charge in [0.05, 0.1) is 12.7 Å². The maximum absolute atomic E-state index is 12.9. The van der Waals surface area contributed by atoms with E-state index in [1.54, 1.807) is 25.6 Å². The van der Waals surface area contributed by atoms with Gasteiger partial charge in [-0.25, -0.2) is 0 Å². The van der Waals surface area contributed by atoms with Crippen molar-refractivity contribution in [2.45, 2.75) is 18.9 Å². The lowest BCUT2D eigenvalue weighted by molar-refractivity contribution is 0.102. The number of nitrogens with one attached hydrogen (secondary N) is 2. The molecule has 0 atom stereocenters. The van der Waals surface area contributed by atoms with Gasteiger partial charge in [0, 0.05) is 23.5 Å². The van der Waals surface area contributed by atoms with Crippen LogP contribution >= 0.6 is 11.3 Å². The summed E-state index contributed by atoms with van der Waals surface area (Å²) in [6.45, 7) is 1.86. The molecule has 1 saturated heterocycles. The number of carbonyl (C=O) groups excluding carboxylic acids is 1. The second-order valence-corrected chi connectivity index (χ2v) is 7.46. The van der Waals surface area contributed by atoms with E-state index in [-0.39, 0.29) is 12.0 Å². The minimum Gasteiger partial charge on any atom is -0.496 e. The van der Waals surface area contributed by atoms with Crippen molar-refractivity contribution in [2.75, 3.05) is 25.5 Å². The molecule has 1 aliphatic rings. The predicted molar refractivity (Wildman–Crippen MR) is 111 cm³/mol. The highest BCUT2D eigenvalue weighted by Crippen LogP contribution is 2.32. The first-order valence-electron chi connectivity index (χ1n) is 9.34. The van der Waals surface area contributed by atoms with Crippen LogP contribution in [0.4, 0.5) is 5.13 Å². The number of benzene rings is 1. The average molecular weight is 411 g/mol. The topological polar surface area (TPSA) is 98.3 Å². The van der Waals surface area contributed by atoms with Gasteiger partial charge in [-0.05, 0) is 49.4 Å². The predicted octanol–water partition coefficient (Wildman–Crippen LogP) is 2.99. The van der Waals surface area contributed by atoms with Gasteiger partial charge in [-0.2, -0.15) is 0 Å². The summed E-state index contributed by atoms with van der Waals surface area (Å²) in [7, 11) is 1.60. The molecule has 0 bridgehead atoms. The molecule has 1 aliphatic heterocycles. The summed E-state index contributed by atoms with van der Waals surface area (Å²) in [5, 5.41) is 15.0. The van der Waals surface area contributed by atoms with E-state index in [9.17, 15) is 4.79 Å². The van der Waals surface area contributed by atoms with E-state index < -0.39 is 0 Å². The number of carbonyl (C=O) groups is 1. The van der Waals surface area contributed by atoms with Gasteiger partial charge in [0.2, 0.25) is 5.13 Å². The molecule has 4 rings (SSSR count). The Bertz CT molecular complexity index is 988. The number of piperidine rings is 1. The molecule has 2 N–H and O–H groups in total. The number of hydrogen-bond acceptors (Lipinski definition) is 8. The van der Waals surface area contributed by atoms with Crippen molar-refractivity contribution >= 4 is 22.4 Å². The van der Waals surface area contributed by atoms with Crippen molar-refractivity contribution in [3.8, 4) is 22.1 Å². The first-order chi connectivity index (χ1) is 14.2. The Kier molecular flexibility index (Phi) is 5.97. The van der Waals surface area contributed by atoms with Crippen LogP contribution in [-0.2, 0) is 0 Å². The van der Waals surface area contributed by atoms with E-state index in [4.69, 9.17) is 9.47 Å². The number of ether oxygens (including phenoxy) is 2. The lowest BCUT2D eigenvalue weighted by Gasteiger charge is -2.21. The average Bonchev–Trinajstić information content (AvgIpc) is 3.21. The third kappa shape index (κ3) is 4.52. The summed E-state index contributed by atoms with van der Waals surface area (Å²) < 4.78 is 11.3. The number of hydrogen-bond donors (Lipinski definition) is 2. The molecule has 8 nitrogen and oxygen atoms in total. The first kappa shape index (κ1) is 19.3. The smallest absolute Gasteiger partial charge is 0.296 e. The normalized spacial score (nSPS) is 14.4. The lowest BCUT2D eigenvalue weighted by atomic mass is 10.0. The van der Waals surface area contributed by atoms with Crippen LogP contribution in [0.5, 0.6) is 10.9 Å². The highest BCUT2D eigenvalue weighted by Gasteiger charge is 2.19. The van der Waals surface area contributed by atoms with Crippen LogP contribution in [0.15, 0.2) is 42.7 Å². The Balaban J connectivity index is 1.51. The number of para-hydroxylation sites is 1. The fourth-order valence-corrected chi connectivity index (χ4v) is 3.86. The number of methoxy groups -OCH3 is 1. The van der Waals surface area contributed by atoms with E-state index in [0.717, 1.165) is 31.5 Å². The summed E-state index contributed by atoms with van der Waals surface area (Å²) in [5.41, 5.74) is 1.94. The van der Waals surface area contributed by atoms with Crippen molar-refractivity contribution in [3.05, 3.63) is 48.3 Å². The number of aromatic nitrogens is 3. The monoisotopic (exact) mass is 411 g/mol. The van der Waals surface area contributed by atoms with Gasteiger partial charge in [0.1, 0.15) is 11.9 Å². The maximum Gasteiger partial charge on any atom is 0.296 e. The summed E-state index contributed by atoms with van der Waals surface area (Å²) in [6.07, 6.45) is 5.23. The molecule has 0 spiro atoms. The van der Waals surface area contributed by atoms with Gasteiger partial charge in [0.15, 0.2) is 0 Å². The number of pyridine rings is 1. The highest BCUT2D eigenvalue weighted by molar-refractivity contribution is 7.17. The van der Waals surface area contributed by atoms with Crippen molar-refractivity contribution < 1.29 is 14.3 Å². The van der Waals surface area contributed by atoms with Crippen molar-refractivity contribution in [1.29, 1.82) is 0 Å². The Morgan fingerprint density at radius 2 is 2.00 bits per heavy atom. The second kappa shape index (κ2) is 8.97. The molecule has 150 valence electrons. The Labute approximate surface area is 172 Å². The molecule has 1 amide bonds. The Hall–Kier alpha value is -3.04. The standard InChI is InChI=1S/C20H21N5O3S/c1-27-17-5-3-2-4-14(17)16-12-22-11-8-15(16)18(26)23-19-24-25-20(29-19)28-13-6-9-21-10-7-13/h2-5,8,11-13,21H,6-7,9-10H2,1H3,(H,23,24,26). The summed E-state index contributed by atoms with van der Waals surface area (Å²) in [6, 6.07) is 9.18. The van der Waals surface area contributed by atoms with E-state index in [1.807, 2.05) is 24.3 Å². The van der Waals surface area contributed by atoms with E-state index in [0.29, 0.717) is 27.2 Å². The molecular formula is C20H21N5O3S. The summed E-state index contributed by atoms with van der Waals surface area (Å²) >= 11 is 1.22. The molecule has 0 radical (unpaired) electrons. The molecule has 1 aromatic carbocycles. The second-order valence-electron chi connectivity index (χ2n) is 6.52. The lowest BCUT2D eigenvalue weighted by Crippen LogP contribution is -2.34. The van der Waals surface area contributed by atoms with Gasteiger partial charge >= 0.3 is 0 Å². The first-order valence-corrected chi connectivity index (χ1v) is 10.2. The number of nitrogens with zero attached hydrogens (tertiary/aromatic N) is 3. The van der Waals surface area contributed by atoms with Gasteiger partial charge in [-0.15, -0.1) is 5.10 Å². The van der Waals surface area contributed by atoms with Crippen LogP contribution in [0.25, 0.3) is 11.1 Å². The third-order valence-electron chi connectivity index (χ3n) is 4.64. The van der Waals surface area contributed by atoms with Crippen molar-refractivity contribution in [2.24, 2.45) is 0 Å². The minimum absolute atomic E-state index is 0.130. The molecule has 3 heterocycles. The molecular weight excluding hydrogens is 390 g/mol. The molecule has 0 aliphatic carbocycles. The molecule has 0 unspecified atom stereocenters. The fraction of sp³-hybridized carbons (Fsp3) is 0.300. The number of amides is 1. The van der Waals surface area contributed by atoms with Crippen LogP contribution in [0.2, 0.25) is 0 Å². The van der Waals surface area contributed by atoms with Gasteiger partial charge in [0.25, 0.3) is 11.1 Å². The van der Waals surface area contributed by atoms with Crippen LogP contribution < -0.4 is 20.1 Å². The highest BCUT2D eigenvalue weighted by atomic mass is 32.1. The molecule has 1 fully saturated rings. The van der Waals surface area contributed by atoms with E-state index in [2.05, 4.69) is 25.8 Å². The molecule has 29 heavy (non-hydrogen) atoms. The third-order valence-corrected chi connectivity index (χ3v) is 5.37. The van der Waals surface area contributed by atoms with Gasteiger partial charge in [-0.1, -0.05) is 23.3 Å². The number of anilines is 1. The molecule has 2 aromatic heterocycles. The molecule has 0 saturated carbocycles. The zero-order valence-corrected chi connectivity index (χ0v) is 16.7. The Morgan fingerprint density at radius 1 is 1.17 bits per heavy atom. The van der Waals surface area contributed by atoms with Crippen molar-refractivity contribution in [1.82, 2.24) is 20.5 Å².